The van der Waals surface area contributed by atoms with Gasteiger partial charge in [0, 0.05) is 0 Å². The molecule has 0 radical (unpaired) electrons. The van der Waals surface area contributed by atoms with Gasteiger partial charge in [0.2, 0.25) is 5.91 Å². The number of nitrogens with zero attached hydrogens (tertiary/aromatic N) is 1. The van der Waals surface area contributed by atoms with Crippen LogP contribution in [-0.4, -0.2) is 25.0 Å². The second-order valence-corrected chi connectivity index (χ2v) is 4.71. The molecular weight excluding hydrogens is 232 g/mol. The summed E-state index contributed by atoms with van der Waals surface area (Å²) in [6, 6.07) is 1.48. The van der Waals surface area contributed by atoms with Gasteiger partial charge in [0.15, 0.2) is 0 Å². The quantitative estimate of drug-likeness (QED) is 0.769. The van der Waals surface area contributed by atoms with Crippen molar-refractivity contribution in [3.8, 4) is 6.07 Å². The van der Waals surface area contributed by atoms with Crippen LogP contribution in [0.4, 0.5) is 0 Å². The first-order chi connectivity index (χ1) is 8.59. The Labute approximate surface area is 107 Å². The van der Waals surface area contributed by atoms with Gasteiger partial charge in [-0.05, 0) is 19.3 Å². The minimum absolute atomic E-state index is 0.332. The number of nitriles is 1. The van der Waals surface area contributed by atoms with Crippen LogP contribution in [-0.2, 0) is 14.3 Å². The molecule has 0 aromatic carbocycles. The van der Waals surface area contributed by atoms with E-state index in [4.69, 9.17) is 0 Å². The molecule has 1 atom stereocenters. The monoisotopic (exact) mass is 252 g/mol. The second-order valence-electron chi connectivity index (χ2n) is 4.71. The zero-order chi connectivity index (χ0) is 13.6. The minimum atomic E-state index is -0.959. The molecule has 1 N–H and O–H groups in total. The van der Waals surface area contributed by atoms with Gasteiger partial charge in [-0.3, -0.25) is 4.79 Å². The molecule has 1 rings (SSSR count). The fourth-order valence-corrected chi connectivity index (χ4v) is 2.31. The van der Waals surface area contributed by atoms with Crippen molar-refractivity contribution in [3.05, 3.63) is 0 Å². The van der Waals surface area contributed by atoms with Crippen LogP contribution in [0.25, 0.3) is 0 Å². The van der Waals surface area contributed by atoms with E-state index in [-0.39, 0.29) is 5.91 Å². The summed E-state index contributed by atoms with van der Waals surface area (Å²) in [5.41, 5.74) is -0.959. The third kappa shape index (κ3) is 3.00. The number of carbonyl (C=O) groups is 2. The summed E-state index contributed by atoms with van der Waals surface area (Å²) in [5.74, 6) is -0.795. The zero-order valence-electron chi connectivity index (χ0n) is 11.0. The lowest BCUT2D eigenvalue weighted by atomic mass is 9.74. The van der Waals surface area contributed by atoms with Crippen molar-refractivity contribution in [2.45, 2.75) is 51.5 Å². The zero-order valence-corrected chi connectivity index (χ0v) is 11.0. The Bertz CT molecular complexity index is 354. The summed E-state index contributed by atoms with van der Waals surface area (Å²) in [5, 5.41) is 11.9. The third-order valence-electron chi connectivity index (χ3n) is 3.56. The van der Waals surface area contributed by atoms with Gasteiger partial charge in [0.05, 0.1) is 13.2 Å². The maximum absolute atomic E-state index is 12.2. The summed E-state index contributed by atoms with van der Waals surface area (Å²) in [6.07, 6.45) is 4.44. The average molecular weight is 252 g/mol. The third-order valence-corrected chi connectivity index (χ3v) is 3.56. The van der Waals surface area contributed by atoms with Crippen molar-refractivity contribution in [2.75, 3.05) is 7.11 Å². The van der Waals surface area contributed by atoms with Crippen molar-refractivity contribution < 1.29 is 14.3 Å². The van der Waals surface area contributed by atoms with Gasteiger partial charge < -0.3 is 10.1 Å². The molecule has 5 heteroatoms. The molecule has 5 nitrogen and oxygen atoms in total. The van der Waals surface area contributed by atoms with Crippen LogP contribution in [0.5, 0.6) is 0 Å². The van der Waals surface area contributed by atoms with Crippen LogP contribution >= 0.6 is 0 Å². The molecule has 0 aromatic heterocycles. The predicted molar refractivity (Wildman–Crippen MR) is 65.4 cm³/mol. The Morgan fingerprint density at radius 2 is 2.00 bits per heavy atom. The van der Waals surface area contributed by atoms with Gasteiger partial charge in [-0.25, -0.2) is 4.79 Å². The van der Waals surface area contributed by atoms with E-state index in [0.29, 0.717) is 19.3 Å². The molecule has 0 spiro atoms. The number of rotatable bonds is 4. The summed E-state index contributed by atoms with van der Waals surface area (Å²) in [7, 11) is 1.29. The smallest absolute Gasteiger partial charge is 0.328 e. The van der Waals surface area contributed by atoms with Crippen molar-refractivity contribution in [2.24, 2.45) is 5.41 Å². The van der Waals surface area contributed by atoms with Gasteiger partial charge in [0.25, 0.3) is 0 Å². The van der Waals surface area contributed by atoms with E-state index in [2.05, 4.69) is 16.1 Å². The summed E-state index contributed by atoms with van der Waals surface area (Å²) >= 11 is 0. The molecule has 18 heavy (non-hydrogen) atoms. The highest BCUT2D eigenvalue weighted by molar-refractivity contribution is 5.89. The first kappa shape index (κ1) is 14.5. The van der Waals surface area contributed by atoms with Crippen LogP contribution in [0, 0.1) is 16.7 Å². The Morgan fingerprint density at radius 1 is 1.39 bits per heavy atom. The molecule has 0 heterocycles. The summed E-state index contributed by atoms with van der Waals surface area (Å²) in [4.78, 5) is 23.6. The maximum Gasteiger partial charge on any atom is 0.328 e. The van der Waals surface area contributed by atoms with Crippen LogP contribution < -0.4 is 5.32 Å². The lowest BCUT2D eigenvalue weighted by Crippen LogP contribution is -2.48. The van der Waals surface area contributed by atoms with Crippen LogP contribution in [0.2, 0.25) is 0 Å². The first-order valence-corrected chi connectivity index (χ1v) is 6.39. The van der Waals surface area contributed by atoms with E-state index >= 15 is 0 Å². The van der Waals surface area contributed by atoms with Gasteiger partial charge in [-0.15, -0.1) is 0 Å². The number of ether oxygens (including phenoxy) is 1. The van der Waals surface area contributed by atoms with Crippen LogP contribution in [0.1, 0.15) is 45.4 Å². The molecule has 0 bridgehead atoms. The normalized spacial score (nSPS) is 19.4. The summed E-state index contributed by atoms with van der Waals surface area (Å²) < 4.78 is 4.62. The molecule has 1 saturated carbocycles. The van der Waals surface area contributed by atoms with Gasteiger partial charge in [-0.1, -0.05) is 26.2 Å². The fourth-order valence-electron chi connectivity index (χ4n) is 2.31. The Balaban J connectivity index is 2.73. The molecule has 1 aliphatic carbocycles. The van der Waals surface area contributed by atoms with Crippen molar-refractivity contribution in [1.29, 1.82) is 5.26 Å². The SMILES string of the molecule is CCC(NC(=O)C1(C#N)CCCCC1)C(=O)OC. The fraction of sp³-hybridized carbons (Fsp3) is 0.769. The highest BCUT2D eigenvalue weighted by atomic mass is 16.5. The molecule has 1 amide bonds. The van der Waals surface area contributed by atoms with E-state index in [9.17, 15) is 14.9 Å². The van der Waals surface area contributed by atoms with Crippen LogP contribution in [0.15, 0.2) is 0 Å². The molecular formula is C13H20N2O3. The first-order valence-electron chi connectivity index (χ1n) is 6.39. The minimum Gasteiger partial charge on any atom is -0.467 e. The number of hydrogen-bond acceptors (Lipinski definition) is 4. The molecule has 1 aliphatic rings. The lowest BCUT2D eigenvalue weighted by molar-refractivity contribution is -0.146. The Hall–Kier alpha value is -1.57. The second kappa shape index (κ2) is 6.39. The molecule has 100 valence electrons. The average Bonchev–Trinajstić information content (AvgIpc) is 2.44. The number of methoxy groups -OCH3 is 1. The Morgan fingerprint density at radius 3 is 2.44 bits per heavy atom. The van der Waals surface area contributed by atoms with Gasteiger partial charge >= 0.3 is 5.97 Å². The topological polar surface area (TPSA) is 79.2 Å². The largest absolute Gasteiger partial charge is 0.467 e. The lowest BCUT2D eigenvalue weighted by Gasteiger charge is -2.30. The van der Waals surface area contributed by atoms with Gasteiger partial charge in [-0.2, -0.15) is 5.26 Å². The highest BCUT2D eigenvalue weighted by Crippen LogP contribution is 2.35. The molecule has 0 aliphatic heterocycles. The number of carbonyl (C=O) groups excluding carboxylic acids is 2. The molecule has 1 fully saturated rings. The summed E-state index contributed by atoms with van der Waals surface area (Å²) in [6.45, 7) is 1.79. The number of nitrogens with one attached hydrogen (secondary N) is 1. The standard InChI is InChI=1S/C13H20N2O3/c1-3-10(11(16)18-2)15-12(17)13(9-14)7-5-4-6-8-13/h10H,3-8H2,1-2H3,(H,15,17). The molecule has 0 aromatic rings. The number of esters is 1. The van der Waals surface area contributed by atoms with Crippen molar-refractivity contribution in [1.82, 2.24) is 5.32 Å². The molecule has 1 unspecified atom stereocenters. The van der Waals surface area contributed by atoms with E-state index in [1.165, 1.54) is 7.11 Å². The maximum atomic E-state index is 12.2. The van der Waals surface area contributed by atoms with Crippen molar-refractivity contribution >= 4 is 11.9 Å². The van der Waals surface area contributed by atoms with Crippen LogP contribution in [0.3, 0.4) is 0 Å². The number of amides is 1. The Kier molecular flexibility index (Phi) is 5.14. The number of hydrogen-bond donors (Lipinski definition) is 1. The van der Waals surface area contributed by atoms with Crippen molar-refractivity contribution in [3.63, 3.8) is 0 Å². The molecule has 0 saturated heterocycles. The van der Waals surface area contributed by atoms with E-state index in [1.54, 1.807) is 6.92 Å². The highest BCUT2D eigenvalue weighted by Gasteiger charge is 2.41. The van der Waals surface area contributed by atoms with Gasteiger partial charge in [0.1, 0.15) is 11.5 Å². The predicted octanol–water partition coefficient (Wildman–Crippen LogP) is 1.53. The van der Waals surface area contributed by atoms with E-state index in [1.807, 2.05) is 0 Å². The van der Waals surface area contributed by atoms with E-state index in [0.717, 1.165) is 19.3 Å². The van der Waals surface area contributed by atoms with E-state index < -0.39 is 17.4 Å².